The molecule has 0 bridgehead atoms. The van der Waals surface area contributed by atoms with Crippen LogP contribution in [0.15, 0.2) is 12.2 Å². The van der Waals surface area contributed by atoms with Gasteiger partial charge >= 0.3 is 0 Å². The predicted molar refractivity (Wildman–Crippen MR) is 57.8 cm³/mol. The largest absolute Gasteiger partial charge is 0.303 e. The molecular weight excluding hydrogens is 160 g/mol. The van der Waals surface area contributed by atoms with E-state index in [4.69, 9.17) is 0 Å². The van der Waals surface area contributed by atoms with E-state index in [0.29, 0.717) is 6.42 Å². The van der Waals surface area contributed by atoms with Crippen LogP contribution in [0.3, 0.4) is 0 Å². The summed E-state index contributed by atoms with van der Waals surface area (Å²) in [5.41, 5.74) is 0. The quantitative estimate of drug-likeness (QED) is 0.300. The molecule has 0 fully saturated rings. The molecule has 0 radical (unpaired) electrons. The van der Waals surface area contributed by atoms with E-state index in [1.807, 2.05) is 0 Å². The van der Waals surface area contributed by atoms with Gasteiger partial charge in [0.25, 0.3) is 0 Å². The van der Waals surface area contributed by atoms with Gasteiger partial charge in [0.15, 0.2) is 0 Å². The van der Waals surface area contributed by atoms with Crippen LogP contribution in [0.1, 0.15) is 58.3 Å². The first-order chi connectivity index (χ1) is 6.41. The SMILES string of the molecule is CCCCCC/C=C\CCCC=O. The van der Waals surface area contributed by atoms with E-state index in [0.717, 1.165) is 19.1 Å². The Labute approximate surface area is 82.2 Å². The first-order valence-corrected chi connectivity index (χ1v) is 5.50. The van der Waals surface area contributed by atoms with Gasteiger partial charge < -0.3 is 4.79 Å². The number of unbranched alkanes of at least 4 members (excludes halogenated alkanes) is 6. The topological polar surface area (TPSA) is 17.1 Å². The molecule has 0 aliphatic carbocycles. The van der Waals surface area contributed by atoms with Crippen LogP contribution in [0.5, 0.6) is 0 Å². The van der Waals surface area contributed by atoms with Gasteiger partial charge in [-0.2, -0.15) is 0 Å². The Bertz CT molecular complexity index is 127. The van der Waals surface area contributed by atoms with Crippen LogP contribution in [-0.4, -0.2) is 6.29 Å². The molecule has 0 amide bonds. The summed E-state index contributed by atoms with van der Waals surface area (Å²) in [6, 6.07) is 0. The molecule has 0 N–H and O–H groups in total. The van der Waals surface area contributed by atoms with Gasteiger partial charge in [-0.05, 0) is 25.7 Å². The highest BCUT2D eigenvalue weighted by Gasteiger charge is 1.84. The van der Waals surface area contributed by atoms with Crippen LogP contribution < -0.4 is 0 Å². The third kappa shape index (κ3) is 11.4. The van der Waals surface area contributed by atoms with Crippen molar-refractivity contribution in [1.82, 2.24) is 0 Å². The Hall–Kier alpha value is -0.590. The molecule has 0 saturated heterocycles. The van der Waals surface area contributed by atoms with Crippen LogP contribution in [0, 0.1) is 0 Å². The maximum atomic E-state index is 9.99. The van der Waals surface area contributed by atoms with Crippen molar-refractivity contribution in [2.45, 2.75) is 58.3 Å². The minimum Gasteiger partial charge on any atom is -0.303 e. The van der Waals surface area contributed by atoms with Gasteiger partial charge in [-0.3, -0.25) is 0 Å². The first kappa shape index (κ1) is 12.4. The van der Waals surface area contributed by atoms with E-state index < -0.39 is 0 Å². The molecule has 0 aliphatic rings. The molecule has 0 unspecified atom stereocenters. The monoisotopic (exact) mass is 182 g/mol. The lowest BCUT2D eigenvalue weighted by atomic mass is 10.1. The molecule has 0 aromatic heterocycles. The summed E-state index contributed by atoms with van der Waals surface area (Å²) < 4.78 is 0. The van der Waals surface area contributed by atoms with Crippen LogP contribution in [0.4, 0.5) is 0 Å². The van der Waals surface area contributed by atoms with Crippen LogP contribution >= 0.6 is 0 Å². The number of hydrogen-bond acceptors (Lipinski definition) is 1. The van der Waals surface area contributed by atoms with Gasteiger partial charge in [-0.1, -0.05) is 38.3 Å². The van der Waals surface area contributed by atoms with Crippen molar-refractivity contribution >= 4 is 6.29 Å². The summed E-state index contributed by atoms with van der Waals surface area (Å²) in [5.74, 6) is 0. The summed E-state index contributed by atoms with van der Waals surface area (Å²) in [5, 5.41) is 0. The van der Waals surface area contributed by atoms with Gasteiger partial charge in [-0.25, -0.2) is 0 Å². The van der Waals surface area contributed by atoms with Crippen molar-refractivity contribution in [2.75, 3.05) is 0 Å². The number of carbonyl (C=O) groups is 1. The highest BCUT2D eigenvalue weighted by atomic mass is 16.1. The normalized spacial score (nSPS) is 10.8. The zero-order valence-electron chi connectivity index (χ0n) is 8.80. The van der Waals surface area contributed by atoms with Gasteiger partial charge in [-0.15, -0.1) is 0 Å². The summed E-state index contributed by atoms with van der Waals surface area (Å²) >= 11 is 0. The zero-order chi connectivity index (χ0) is 9.78. The van der Waals surface area contributed by atoms with Crippen LogP contribution in [-0.2, 0) is 4.79 Å². The molecule has 0 atom stereocenters. The van der Waals surface area contributed by atoms with Crippen molar-refractivity contribution in [3.8, 4) is 0 Å². The molecular formula is C12H22O. The Morgan fingerprint density at radius 3 is 2.15 bits per heavy atom. The number of allylic oxidation sites excluding steroid dienone is 2. The van der Waals surface area contributed by atoms with Crippen molar-refractivity contribution < 1.29 is 4.79 Å². The van der Waals surface area contributed by atoms with Crippen molar-refractivity contribution in [1.29, 1.82) is 0 Å². The molecule has 0 saturated carbocycles. The van der Waals surface area contributed by atoms with Gasteiger partial charge in [0.2, 0.25) is 0 Å². The minimum atomic E-state index is 0.709. The van der Waals surface area contributed by atoms with E-state index in [9.17, 15) is 4.79 Å². The fourth-order valence-electron chi connectivity index (χ4n) is 1.24. The Balaban J connectivity index is 2.98. The molecule has 0 aliphatic heterocycles. The Morgan fingerprint density at radius 1 is 0.846 bits per heavy atom. The molecule has 0 rings (SSSR count). The van der Waals surface area contributed by atoms with Gasteiger partial charge in [0.1, 0.15) is 6.29 Å². The zero-order valence-corrected chi connectivity index (χ0v) is 8.80. The highest BCUT2D eigenvalue weighted by Crippen LogP contribution is 2.03. The number of carbonyl (C=O) groups excluding carboxylic acids is 1. The minimum absolute atomic E-state index is 0.709. The third-order valence-corrected chi connectivity index (χ3v) is 2.08. The van der Waals surface area contributed by atoms with E-state index >= 15 is 0 Å². The maximum absolute atomic E-state index is 9.99. The second kappa shape index (κ2) is 11.4. The Kier molecular flexibility index (Phi) is 10.9. The first-order valence-electron chi connectivity index (χ1n) is 5.50. The smallest absolute Gasteiger partial charge is 0.120 e. The second-order valence-corrected chi connectivity index (χ2v) is 3.42. The molecule has 0 heterocycles. The number of aldehydes is 1. The summed E-state index contributed by atoms with van der Waals surface area (Å²) in [7, 11) is 0. The average Bonchev–Trinajstić information content (AvgIpc) is 2.16. The molecule has 1 nitrogen and oxygen atoms in total. The average molecular weight is 182 g/mol. The summed E-state index contributed by atoms with van der Waals surface area (Å²) in [6.45, 7) is 2.23. The third-order valence-electron chi connectivity index (χ3n) is 2.08. The van der Waals surface area contributed by atoms with E-state index in [-0.39, 0.29) is 0 Å². The molecule has 76 valence electrons. The fourth-order valence-corrected chi connectivity index (χ4v) is 1.24. The van der Waals surface area contributed by atoms with Crippen molar-refractivity contribution in [3.63, 3.8) is 0 Å². The standard InChI is InChI=1S/C12H22O/c1-2-3-4-5-6-7-8-9-10-11-12-13/h7-8,12H,2-6,9-11H2,1H3/b8-7-. The van der Waals surface area contributed by atoms with Gasteiger partial charge in [0.05, 0.1) is 0 Å². The molecule has 0 spiro atoms. The predicted octanol–water partition coefficient (Wildman–Crippen LogP) is 3.88. The number of rotatable bonds is 9. The lowest BCUT2D eigenvalue weighted by molar-refractivity contribution is -0.107. The van der Waals surface area contributed by atoms with Crippen molar-refractivity contribution in [2.24, 2.45) is 0 Å². The maximum Gasteiger partial charge on any atom is 0.120 e. The Morgan fingerprint density at radius 2 is 1.54 bits per heavy atom. The van der Waals surface area contributed by atoms with Gasteiger partial charge in [0, 0.05) is 6.42 Å². The molecule has 13 heavy (non-hydrogen) atoms. The molecule has 0 aromatic carbocycles. The fraction of sp³-hybridized carbons (Fsp3) is 0.750. The second-order valence-electron chi connectivity index (χ2n) is 3.42. The summed E-state index contributed by atoms with van der Waals surface area (Å²) in [6.07, 6.45) is 14.8. The highest BCUT2D eigenvalue weighted by molar-refractivity contribution is 5.48. The lowest BCUT2D eigenvalue weighted by Crippen LogP contribution is -1.75. The summed E-state index contributed by atoms with van der Waals surface area (Å²) in [4.78, 5) is 9.99. The van der Waals surface area contributed by atoms with Crippen LogP contribution in [0.2, 0.25) is 0 Å². The van der Waals surface area contributed by atoms with Crippen molar-refractivity contribution in [3.05, 3.63) is 12.2 Å². The van der Waals surface area contributed by atoms with Crippen LogP contribution in [0.25, 0.3) is 0 Å². The number of hydrogen-bond donors (Lipinski definition) is 0. The molecule has 0 aromatic rings. The molecule has 1 heteroatoms. The van der Waals surface area contributed by atoms with E-state index in [1.165, 1.54) is 32.1 Å². The van der Waals surface area contributed by atoms with E-state index in [1.54, 1.807) is 0 Å². The van der Waals surface area contributed by atoms with E-state index in [2.05, 4.69) is 19.1 Å². The lowest BCUT2D eigenvalue weighted by Gasteiger charge is -1.94.